The van der Waals surface area contributed by atoms with Crippen molar-refractivity contribution in [2.45, 2.75) is 111 Å². The van der Waals surface area contributed by atoms with Crippen LogP contribution in [0.25, 0.3) is 0 Å². The molecule has 176 valence electrons. The summed E-state index contributed by atoms with van der Waals surface area (Å²) in [6.45, 7) is 13.2. The molecule has 2 N–H and O–H groups in total. The summed E-state index contributed by atoms with van der Waals surface area (Å²) < 4.78 is 5.93. The molecule has 0 aliphatic heterocycles. The SMILES string of the molecule is CC(=O)[C@H]1CCC2C3CC[C@@]4(C)C[C@H](OC(=O)[C@@H](N)C(C)C)CC[C@]4(C)C3CC[C@@]21C. The van der Waals surface area contributed by atoms with Crippen LogP contribution >= 0.6 is 0 Å². The van der Waals surface area contributed by atoms with Crippen molar-refractivity contribution in [3.63, 3.8) is 0 Å². The van der Waals surface area contributed by atoms with Gasteiger partial charge in [0.1, 0.15) is 17.9 Å². The number of hydrogen-bond donors (Lipinski definition) is 1. The number of carbonyl (C=O) groups excluding carboxylic acids is 2. The van der Waals surface area contributed by atoms with Gasteiger partial charge in [-0.1, -0.05) is 34.6 Å². The first kappa shape index (κ1) is 23.3. The summed E-state index contributed by atoms with van der Waals surface area (Å²) in [4.78, 5) is 24.9. The van der Waals surface area contributed by atoms with Crippen molar-refractivity contribution in [1.82, 2.24) is 0 Å². The summed E-state index contributed by atoms with van der Waals surface area (Å²) in [6.07, 6.45) is 10.4. The Bertz CT molecular complexity index is 734. The second-order valence-electron chi connectivity index (χ2n) is 12.8. The van der Waals surface area contributed by atoms with Gasteiger partial charge in [-0.05, 0) is 105 Å². The summed E-state index contributed by atoms with van der Waals surface area (Å²) in [5.41, 5.74) is 6.78. The Labute approximate surface area is 189 Å². The lowest BCUT2D eigenvalue weighted by molar-refractivity contribution is -0.185. The van der Waals surface area contributed by atoms with Crippen LogP contribution in [0, 0.1) is 45.8 Å². The topological polar surface area (TPSA) is 69.4 Å². The lowest BCUT2D eigenvalue weighted by Crippen LogP contribution is -2.58. The molecule has 0 radical (unpaired) electrons. The van der Waals surface area contributed by atoms with Gasteiger partial charge in [-0.2, -0.15) is 0 Å². The number of ketones is 1. The van der Waals surface area contributed by atoms with Gasteiger partial charge in [0.05, 0.1) is 0 Å². The van der Waals surface area contributed by atoms with E-state index in [2.05, 4.69) is 20.8 Å². The fraction of sp³-hybridized carbons (Fsp3) is 0.926. The molecule has 0 aromatic rings. The van der Waals surface area contributed by atoms with Crippen molar-refractivity contribution in [2.24, 2.45) is 51.6 Å². The molecule has 0 spiro atoms. The lowest BCUT2D eigenvalue weighted by Gasteiger charge is -2.65. The largest absolute Gasteiger partial charge is 0.461 e. The molecular weight excluding hydrogens is 386 g/mol. The number of nitrogens with two attached hydrogens (primary N) is 1. The van der Waals surface area contributed by atoms with E-state index in [4.69, 9.17) is 10.5 Å². The van der Waals surface area contributed by atoms with E-state index in [1.807, 2.05) is 20.8 Å². The number of Topliss-reactive ketones (excluding diaryl/α,β-unsaturated/α-hetero) is 1. The van der Waals surface area contributed by atoms with Crippen LogP contribution in [0.2, 0.25) is 0 Å². The quantitative estimate of drug-likeness (QED) is 0.595. The number of ether oxygens (including phenoxy) is 1. The smallest absolute Gasteiger partial charge is 0.323 e. The third-order valence-corrected chi connectivity index (χ3v) is 11.1. The van der Waals surface area contributed by atoms with E-state index >= 15 is 0 Å². The van der Waals surface area contributed by atoms with Crippen LogP contribution in [0.15, 0.2) is 0 Å². The lowest BCUT2D eigenvalue weighted by atomic mass is 9.40. The summed E-state index contributed by atoms with van der Waals surface area (Å²) in [5.74, 6) is 2.78. The highest BCUT2D eigenvalue weighted by Crippen LogP contribution is 2.70. The Hall–Kier alpha value is -0.900. The van der Waals surface area contributed by atoms with Gasteiger partial charge in [0.2, 0.25) is 0 Å². The van der Waals surface area contributed by atoms with Gasteiger partial charge in [-0.15, -0.1) is 0 Å². The van der Waals surface area contributed by atoms with E-state index in [9.17, 15) is 9.59 Å². The number of fused-ring (bicyclic) bond motifs is 5. The first-order valence-electron chi connectivity index (χ1n) is 12.9. The Morgan fingerprint density at radius 2 is 1.65 bits per heavy atom. The van der Waals surface area contributed by atoms with Crippen molar-refractivity contribution in [3.05, 3.63) is 0 Å². The Morgan fingerprint density at radius 1 is 0.935 bits per heavy atom. The average Bonchev–Trinajstić information content (AvgIpc) is 3.05. The second kappa shape index (κ2) is 7.85. The third-order valence-electron chi connectivity index (χ3n) is 11.1. The predicted octanol–water partition coefficient (Wildman–Crippen LogP) is 5.52. The molecule has 0 bridgehead atoms. The Kier molecular flexibility index (Phi) is 5.89. The van der Waals surface area contributed by atoms with E-state index in [1.165, 1.54) is 32.1 Å². The second-order valence-corrected chi connectivity index (χ2v) is 12.8. The minimum Gasteiger partial charge on any atom is -0.461 e. The molecule has 4 aliphatic rings. The fourth-order valence-electron chi connectivity index (χ4n) is 8.87. The van der Waals surface area contributed by atoms with Crippen LogP contribution in [0.1, 0.15) is 99.3 Å². The molecule has 4 fully saturated rings. The molecule has 4 heteroatoms. The maximum absolute atomic E-state index is 12.5. The maximum atomic E-state index is 12.5. The zero-order valence-electron chi connectivity index (χ0n) is 20.7. The summed E-state index contributed by atoms with van der Waals surface area (Å²) in [5, 5.41) is 0. The predicted molar refractivity (Wildman–Crippen MR) is 123 cm³/mol. The zero-order valence-corrected chi connectivity index (χ0v) is 20.7. The first-order chi connectivity index (χ1) is 14.4. The number of esters is 1. The van der Waals surface area contributed by atoms with Crippen molar-refractivity contribution >= 4 is 11.8 Å². The Balaban J connectivity index is 1.50. The fourth-order valence-corrected chi connectivity index (χ4v) is 8.87. The van der Waals surface area contributed by atoms with Crippen LogP contribution in [0.4, 0.5) is 0 Å². The van der Waals surface area contributed by atoms with E-state index in [1.54, 1.807) is 0 Å². The van der Waals surface area contributed by atoms with Crippen molar-refractivity contribution in [2.75, 3.05) is 0 Å². The van der Waals surface area contributed by atoms with E-state index in [0.29, 0.717) is 17.1 Å². The average molecular weight is 432 g/mol. The summed E-state index contributed by atoms with van der Waals surface area (Å²) in [7, 11) is 0. The molecule has 0 saturated heterocycles. The van der Waals surface area contributed by atoms with Gasteiger partial charge >= 0.3 is 5.97 Å². The first-order valence-corrected chi connectivity index (χ1v) is 12.9. The molecule has 9 atom stereocenters. The number of rotatable bonds is 4. The van der Waals surface area contributed by atoms with Crippen molar-refractivity contribution < 1.29 is 14.3 Å². The molecular formula is C27H45NO3. The maximum Gasteiger partial charge on any atom is 0.323 e. The van der Waals surface area contributed by atoms with Crippen molar-refractivity contribution in [3.8, 4) is 0 Å². The molecule has 4 nitrogen and oxygen atoms in total. The standard InChI is InChI=1S/C27H45NO3/c1-16(2)23(28)24(30)31-18-9-14-27(6)22-11-13-26(5)20(17(3)29)7-8-21(26)19(22)10-12-25(27,4)15-18/h16,18-23H,7-15,28H2,1-6H3/t18-,19?,20-,21?,22?,23+,25+,26-,27-/m1/s1. The van der Waals surface area contributed by atoms with Crippen molar-refractivity contribution in [1.29, 1.82) is 0 Å². The van der Waals surface area contributed by atoms with Crippen LogP contribution in [0.3, 0.4) is 0 Å². The Morgan fingerprint density at radius 3 is 2.29 bits per heavy atom. The van der Waals surface area contributed by atoms with Gasteiger partial charge in [-0.25, -0.2) is 0 Å². The minimum atomic E-state index is -0.524. The van der Waals surface area contributed by atoms with Gasteiger partial charge in [0, 0.05) is 5.92 Å². The van der Waals surface area contributed by atoms with Gasteiger partial charge < -0.3 is 10.5 Å². The van der Waals surface area contributed by atoms with E-state index in [-0.39, 0.29) is 34.7 Å². The third kappa shape index (κ3) is 3.50. The summed E-state index contributed by atoms with van der Waals surface area (Å²) in [6, 6.07) is -0.524. The van der Waals surface area contributed by atoms with Gasteiger partial charge in [0.25, 0.3) is 0 Å². The van der Waals surface area contributed by atoms with Gasteiger partial charge in [0.15, 0.2) is 0 Å². The molecule has 0 aromatic heterocycles. The highest BCUT2D eigenvalue weighted by molar-refractivity contribution is 5.79. The molecule has 0 amide bonds. The molecule has 0 heterocycles. The zero-order chi connectivity index (χ0) is 22.8. The molecule has 4 aliphatic carbocycles. The molecule has 31 heavy (non-hydrogen) atoms. The van der Waals surface area contributed by atoms with Crippen LogP contribution in [0.5, 0.6) is 0 Å². The molecule has 0 aromatic carbocycles. The normalized spacial score (nSPS) is 47.8. The highest BCUT2D eigenvalue weighted by atomic mass is 16.5. The minimum absolute atomic E-state index is 0.00866. The number of carbonyl (C=O) groups is 2. The van der Waals surface area contributed by atoms with Crippen LogP contribution in [-0.4, -0.2) is 23.9 Å². The number of hydrogen-bond acceptors (Lipinski definition) is 4. The monoisotopic (exact) mass is 431 g/mol. The highest BCUT2D eigenvalue weighted by Gasteiger charge is 2.64. The molecule has 3 unspecified atom stereocenters. The van der Waals surface area contributed by atoms with Gasteiger partial charge in [-0.3, -0.25) is 9.59 Å². The van der Waals surface area contributed by atoms with Crippen LogP contribution in [-0.2, 0) is 14.3 Å². The summed E-state index contributed by atoms with van der Waals surface area (Å²) >= 11 is 0. The molecule has 4 saturated carbocycles. The van der Waals surface area contributed by atoms with E-state index in [0.717, 1.165) is 37.5 Å². The van der Waals surface area contributed by atoms with E-state index < -0.39 is 6.04 Å². The van der Waals surface area contributed by atoms with Crippen LogP contribution < -0.4 is 5.73 Å². The molecule has 4 rings (SSSR count).